The molecule has 1 saturated heterocycles. The largest absolute Gasteiger partial charge is 0.460 e. The van der Waals surface area contributed by atoms with Crippen LogP contribution in [0.2, 0.25) is 0 Å². The molecule has 0 amide bonds. The van der Waals surface area contributed by atoms with Gasteiger partial charge in [-0.3, -0.25) is 9.36 Å². The van der Waals surface area contributed by atoms with Crippen LogP contribution in [0.15, 0.2) is 28.0 Å². The van der Waals surface area contributed by atoms with Crippen molar-refractivity contribution in [2.45, 2.75) is 44.8 Å². The molecule has 4 atom stereocenters. The smallest absolute Gasteiger partial charge is 0.247 e. The second-order valence-corrected chi connectivity index (χ2v) is 6.82. The molecule has 3 aromatic heterocycles. The number of anilines is 2. The van der Waals surface area contributed by atoms with E-state index in [0.717, 1.165) is 12.2 Å². The third-order valence-electron chi connectivity index (χ3n) is 4.75. The van der Waals surface area contributed by atoms with E-state index in [0.29, 0.717) is 5.76 Å². The highest BCUT2D eigenvalue weighted by atomic mass is 16.6. The van der Waals surface area contributed by atoms with Crippen LogP contribution in [0.4, 0.5) is 11.8 Å². The van der Waals surface area contributed by atoms with Crippen molar-refractivity contribution < 1.29 is 24.2 Å². The number of hydrogen-bond acceptors (Lipinski definition) is 11. The Kier molecular flexibility index (Phi) is 5.20. The molecule has 158 valence electrons. The van der Waals surface area contributed by atoms with E-state index in [1.54, 1.807) is 6.07 Å². The average molecular weight is 415 g/mol. The van der Waals surface area contributed by atoms with Gasteiger partial charge in [0.05, 0.1) is 12.5 Å². The molecule has 0 spiro atoms. The highest BCUT2D eigenvalue weighted by Gasteiger charge is 2.46. The number of imidazole rings is 1. The predicted molar refractivity (Wildman–Crippen MR) is 106 cm³/mol. The first kappa shape index (κ1) is 19.9. The number of aliphatic hydroxyl groups excluding tert-OH is 2. The number of nitrogen functional groups attached to an aromatic ring is 1. The van der Waals surface area contributed by atoms with Gasteiger partial charge in [-0.15, -0.1) is 0 Å². The third kappa shape index (κ3) is 3.51. The van der Waals surface area contributed by atoms with Crippen molar-refractivity contribution in [2.75, 3.05) is 11.2 Å². The summed E-state index contributed by atoms with van der Waals surface area (Å²) in [6.07, 6.45) is -1.35. The molecule has 0 unspecified atom stereocenters. The molecule has 1 aliphatic rings. The Balaban J connectivity index is 1.61. The number of nitrogens with zero attached hydrogens (tertiary/aromatic N) is 5. The van der Waals surface area contributed by atoms with Gasteiger partial charge in [0, 0.05) is 6.42 Å². The maximum atomic E-state index is 11.6. The summed E-state index contributed by atoms with van der Waals surface area (Å²) in [6.45, 7) is 3.26. The summed E-state index contributed by atoms with van der Waals surface area (Å²) in [5, 5.41) is 24.5. The van der Waals surface area contributed by atoms with Gasteiger partial charge in [-0.25, -0.2) is 10.4 Å². The minimum Gasteiger partial charge on any atom is -0.460 e. The highest BCUT2D eigenvalue weighted by Crippen LogP contribution is 2.32. The van der Waals surface area contributed by atoms with E-state index >= 15 is 0 Å². The minimum absolute atomic E-state index is 0.0800. The molecule has 0 bridgehead atoms. The monoisotopic (exact) mass is 415 g/mol. The van der Waals surface area contributed by atoms with Gasteiger partial charge in [-0.05, 0) is 19.1 Å². The number of ether oxygens (including phenoxy) is 1. The molecule has 4 rings (SSSR count). The molecule has 5 N–H and O–H groups in total. The fourth-order valence-corrected chi connectivity index (χ4v) is 3.21. The number of ketones is 1. The predicted octanol–water partition coefficient (Wildman–Crippen LogP) is 0.218. The van der Waals surface area contributed by atoms with Crippen molar-refractivity contribution in [3.63, 3.8) is 0 Å². The van der Waals surface area contributed by atoms with Gasteiger partial charge in [0.1, 0.15) is 35.3 Å². The second-order valence-electron chi connectivity index (χ2n) is 6.82. The lowest BCUT2D eigenvalue weighted by atomic mass is 10.1. The molecule has 0 aliphatic carbocycles. The number of nitrogens with two attached hydrogens (primary N) is 1. The van der Waals surface area contributed by atoms with Crippen LogP contribution < -0.4 is 11.2 Å². The fraction of sp³-hybridized carbons (Fsp3) is 0.389. The molecule has 12 heteroatoms. The number of hydrazone groups is 1. The lowest BCUT2D eigenvalue weighted by molar-refractivity contribution is -0.133. The molecular formula is C18H21N7O5. The summed E-state index contributed by atoms with van der Waals surface area (Å²) >= 11 is 0. The van der Waals surface area contributed by atoms with Crippen molar-refractivity contribution in [3.8, 4) is 0 Å². The minimum atomic E-state index is -1.37. The van der Waals surface area contributed by atoms with Crippen LogP contribution in [0.5, 0.6) is 0 Å². The Hall–Kier alpha value is -3.35. The van der Waals surface area contributed by atoms with Crippen molar-refractivity contribution in [2.24, 2.45) is 5.10 Å². The second kappa shape index (κ2) is 7.82. The van der Waals surface area contributed by atoms with Gasteiger partial charge >= 0.3 is 0 Å². The van der Waals surface area contributed by atoms with Gasteiger partial charge in [0.2, 0.25) is 5.95 Å². The third-order valence-corrected chi connectivity index (χ3v) is 4.75. The number of aromatic nitrogens is 4. The Labute approximate surface area is 170 Å². The highest BCUT2D eigenvalue weighted by molar-refractivity contribution is 5.84. The lowest BCUT2D eigenvalue weighted by Crippen LogP contribution is -2.34. The van der Waals surface area contributed by atoms with Crippen LogP contribution in [0, 0.1) is 0 Å². The van der Waals surface area contributed by atoms with E-state index in [2.05, 4.69) is 25.5 Å². The maximum Gasteiger partial charge on any atom is 0.247 e. The van der Waals surface area contributed by atoms with Crippen LogP contribution in [0.1, 0.15) is 31.6 Å². The molecule has 0 radical (unpaired) electrons. The molecule has 4 heterocycles. The Morgan fingerprint density at radius 2 is 2.17 bits per heavy atom. The number of Topliss-reactive ketones (excluding diaryl/α,β-unsaturated/α-hetero) is 1. The number of carbonyl (C=O) groups is 1. The van der Waals surface area contributed by atoms with Gasteiger partial charge < -0.3 is 25.1 Å². The average Bonchev–Trinajstić information content (AvgIpc) is 3.41. The molecule has 30 heavy (non-hydrogen) atoms. The summed E-state index contributed by atoms with van der Waals surface area (Å²) in [5.74, 6) is 1.16. The molecule has 0 saturated carbocycles. The zero-order chi connectivity index (χ0) is 21.4. The molecule has 1 fully saturated rings. The van der Waals surface area contributed by atoms with E-state index < -0.39 is 30.3 Å². The van der Waals surface area contributed by atoms with Crippen LogP contribution in [0.25, 0.3) is 11.2 Å². The topological polar surface area (TPSA) is 174 Å². The number of hydrogen-bond donors (Lipinski definition) is 4. The van der Waals surface area contributed by atoms with Crippen LogP contribution >= 0.6 is 0 Å². The number of fused-ring (bicyclic) bond motifs is 1. The zero-order valence-electron chi connectivity index (χ0n) is 16.3. The molecule has 3 aromatic rings. The number of aliphatic hydroxyl groups is 2. The molecule has 12 nitrogen and oxygen atoms in total. The SMILES string of the molecule is CCc1ccc(/C=N/Nc2nc(N)c3ncn([C@@H]4O[C@H](C(C)=O)[C@@H](O)[C@H]4O)c3n2)o1. The molecule has 1 aliphatic heterocycles. The van der Waals surface area contributed by atoms with Gasteiger partial charge in [-0.1, -0.05) is 6.92 Å². The zero-order valence-corrected chi connectivity index (χ0v) is 16.3. The first-order valence-corrected chi connectivity index (χ1v) is 9.29. The van der Waals surface area contributed by atoms with E-state index in [1.807, 2.05) is 13.0 Å². The molecule has 0 aromatic carbocycles. The normalized spacial score (nSPS) is 24.1. The standard InChI is InChI=1S/C18H21N7O5/c1-3-9-4-5-10(29-9)6-21-24-18-22-15(19)11-16(23-18)25(7-20-11)17-13(28)12(27)14(30-17)8(2)26/h4-7,12-14,17,27-28H,3H2,1-2H3,(H3,19,22,23,24)/b21-6+/t12-,13+,14+,17+/m0/s1. The van der Waals surface area contributed by atoms with E-state index in [1.165, 1.54) is 24.0 Å². The number of furan rings is 1. The van der Waals surface area contributed by atoms with Gasteiger partial charge in [0.25, 0.3) is 0 Å². The van der Waals surface area contributed by atoms with Gasteiger partial charge in [-0.2, -0.15) is 15.1 Å². The van der Waals surface area contributed by atoms with Gasteiger partial charge in [0.15, 0.2) is 23.5 Å². The summed E-state index contributed by atoms with van der Waals surface area (Å²) in [4.78, 5) is 24.2. The van der Waals surface area contributed by atoms with Crippen LogP contribution in [-0.2, 0) is 16.0 Å². The first-order valence-electron chi connectivity index (χ1n) is 9.29. The summed E-state index contributed by atoms with van der Waals surface area (Å²) in [7, 11) is 0. The lowest BCUT2D eigenvalue weighted by Gasteiger charge is -2.16. The van der Waals surface area contributed by atoms with Crippen molar-refractivity contribution in [1.82, 2.24) is 19.5 Å². The number of carbonyl (C=O) groups excluding carboxylic acids is 1. The van der Waals surface area contributed by atoms with E-state index in [9.17, 15) is 15.0 Å². The Bertz CT molecular complexity index is 1110. The maximum absolute atomic E-state index is 11.6. The number of aryl methyl sites for hydroxylation is 1. The summed E-state index contributed by atoms with van der Waals surface area (Å²) in [5.41, 5.74) is 9.15. The van der Waals surface area contributed by atoms with E-state index in [4.69, 9.17) is 14.9 Å². The Morgan fingerprint density at radius 3 is 2.83 bits per heavy atom. The number of rotatable bonds is 6. The number of nitrogens with one attached hydrogen (secondary N) is 1. The Morgan fingerprint density at radius 1 is 1.37 bits per heavy atom. The van der Waals surface area contributed by atoms with E-state index in [-0.39, 0.29) is 22.9 Å². The van der Waals surface area contributed by atoms with Crippen molar-refractivity contribution in [1.29, 1.82) is 0 Å². The fourth-order valence-electron chi connectivity index (χ4n) is 3.21. The van der Waals surface area contributed by atoms with Crippen molar-refractivity contribution in [3.05, 3.63) is 30.0 Å². The summed E-state index contributed by atoms with van der Waals surface area (Å²) in [6, 6.07) is 3.64. The van der Waals surface area contributed by atoms with Crippen LogP contribution in [-0.4, -0.2) is 60.0 Å². The molecular weight excluding hydrogens is 394 g/mol. The van der Waals surface area contributed by atoms with Crippen LogP contribution in [0.3, 0.4) is 0 Å². The first-order chi connectivity index (χ1) is 14.4. The van der Waals surface area contributed by atoms with Crippen molar-refractivity contribution >= 4 is 34.9 Å². The summed E-state index contributed by atoms with van der Waals surface area (Å²) < 4.78 is 12.5. The quantitative estimate of drug-likeness (QED) is 0.322.